The normalized spacial score (nSPS) is 17.9. The van der Waals surface area contributed by atoms with E-state index in [0.29, 0.717) is 6.04 Å². The van der Waals surface area contributed by atoms with Gasteiger partial charge in [0.15, 0.2) is 0 Å². The molecule has 27 heavy (non-hydrogen) atoms. The molecule has 0 bridgehead atoms. The van der Waals surface area contributed by atoms with E-state index in [0.717, 1.165) is 50.7 Å². The molecule has 2 heterocycles. The van der Waals surface area contributed by atoms with E-state index in [1.54, 1.807) is 7.11 Å². The fourth-order valence-electron chi connectivity index (χ4n) is 3.98. The Balaban J connectivity index is 1.36. The first-order valence-electron chi connectivity index (χ1n) is 9.74. The molecular formula is C22H28N4O. The molecule has 5 heteroatoms. The Morgan fingerprint density at radius 1 is 1.15 bits per heavy atom. The van der Waals surface area contributed by atoms with Crippen molar-refractivity contribution in [2.24, 2.45) is 0 Å². The smallest absolute Gasteiger partial charge is 0.123 e. The summed E-state index contributed by atoms with van der Waals surface area (Å²) in [6.45, 7) is 5.09. The number of nitrogens with one attached hydrogen (secondary N) is 3. The Hall–Kier alpha value is -2.50. The van der Waals surface area contributed by atoms with E-state index in [1.165, 1.54) is 16.3 Å². The lowest BCUT2D eigenvalue weighted by molar-refractivity contribution is 0.159. The van der Waals surface area contributed by atoms with Crippen molar-refractivity contribution in [2.75, 3.05) is 45.2 Å². The van der Waals surface area contributed by atoms with Crippen molar-refractivity contribution in [1.82, 2.24) is 15.2 Å². The number of fused-ring (bicyclic) bond motifs is 1. The highest BCUT2D eigenvalue weighted by Crippen LogP contribution is 2.30. The third kappa shape index (κ3) is 3.94. The topological polar surface area (TPSA) is 52.3 Å². The zero-order valence-corrected chi connectivity index (χ0v) is 15.9. The summed E-state index contributed by atoms with van der Waals surface area (Å²) in [5, 5.41) is 9.60. The molecule has 1 atom stereocenters. The maximum absolute atomic E-state index is 5.59. The molecule has 1 aromatic heterocycles. The summed E-state index contributed by atoms with van der Waals surface area (Å²) in [6.07, 6.45) is 3.16. The second-order valence-corrected chi connectivity index (χ2v) is 7.03. The molecule has 0 aliphatic carbocycles. The number of rotatable bonds is 7. The van der Waals surface area contributed by atoms with Crippen LogP contribution in [0.2, 0.25) is 0 Å². The van der Waals surface area contributed by atoms with Crippen LogP contribution in [0.3, 0.4) is 0 Å². The highest BCUT2D eigenvalue weighted by atomic mass is 16.5. The largest absolute Gasteiger partial charge is 0.496 e. The van der Waals surface area contributed by atoms with Crippen LogP contribution < -0.4 is 15.4 Å². The molecule has 5 nitrogen and oxygen atoms in total. The van der Waals surface area contributed by atoms with Gasteiger partial charge in [-0.15, -0.1) is 0 Å². The van der Waals surface area contributed by atoms with Crippen LogP contribution in [0.1, 0.15) is 18.0 Å². The van der Waals surface area contributed by atoms with Gasteiger partial charge in [0, 0.05) is 55.3 Å². The SMILES string of the molecule is COc1ccccc1C1CNCCN1CCCNc1[nH]cc2ccccc12. The van der Waals surface area contributed by atoms with Gasteiger partial charge in [-0.2, -0.15) is 0 Å². The molecule has 1 saturated heterocycles. The van der Waals surface area contributed by atoms with Gasteiger partial charge in [-0.25, -0.2) is 0 Å². The van der Waals surface area contributed by atoms with Crippen LogP contribution in [0, 0.1) is 0 Å². The van der Waals surface area contributed by atoms with Gasteiger partial charge in [-0.1, -0.05) is 42.5 Å². The van der Waals surface area contributed by atoms with Gasteiger partial charge in [0.1, 0.15) is 11.6 Å². The number of anilines is 1. The number of hydrogen-bond donors (Lipinski definition) is 3. The fraction of sp³-hybridized carbons (Fsp3) is 0.364. The summed E-state index contributed by atoms with van der Waals surface area (Å²) in [5.41, 5.74) is 1.27. The first-order valence-corrected chi connectivity index (χ1v) is 9.74. The van der Waals surface area contributed by atoms with Gasteiger partial charge in [-0.05, 0) is 12.5 Å². The second kappa shape index (κ2) is 8.46. The minimum Gasteiger partial charge on any atom is -0.496 e. The number of hydrogen-bond acceptors (Lipinski definition) is 4. The molecule has 0 spiro atoms. The van der Waals surface area contributed by atoms with E-state index in [1.807, 2.05) is 6.07 Å². The number of methoxy groups -OCH3 is 1. The molecule has 0 amide bonds. The number of para-hydroxylation sites is 1. The minimum absolute atomic E-state index is 0.362. The molecule has 0 saturated carbocycles. The van der Waals surface area contributed by atoms with Gasteiger partial charge < -0.3 is 20.4 Å². The molecule has 142 valence electrons. The highest BCUT2D eigenvalue weighted by Gasteiger charge is 2.25. The van der Waals surface area contributed by atoms with E-state index in [9.17, 15) is 0 Å². The monoisotopic (exact) mass is 364 g/mol. The second-order valence-electron chi connectivity index (χ2n) is 7.03. The van der Waals surface area contributed by atoms with Crippen LogP contribution in [0.25, 0.3) is 10.8 Å². The van der Waals surface area contributed by atoms with E-state index < -0.39 is 0 Å². The zero-order chi connectivity index (χ0) is 18.5. The molecule has 1 aliphatic rings. The Morgan fingerprint density at radius 3 is 2.93 bits per heavy atom. The van der Waals surface area contributed by atoms with Crippen molar-refractivity contribution in [2.45, 2.75) is 12.5 Å². The number of benzene rings is 2. The van der Waals surface area contributed by atoms with Gasteiger partial charge >= 0.3 is 0 Å². The molecule has 2 aromatic carbocycles. The number of aromatic nitrogens is 1. The molecular weight excluding hydrogens is 336 g/mol. The number of aromatic amines is 1. The standard InChI is InChI=1S/C22H28N4O/c1-27-21-10-5-4-9-19(21)20-16-23-12-14-26(20)13-6-11-24-22-18-8-3-2-7-17(18)15-25-22/h2-5,7-10,15,20,23-25H,6,11-14,16H2,1H3. The van der Waals surface area contributed by atoms with Crippen molar-refractivity contribution < 1.29 is 4.74 Å². The van der Waals surface area contributed by atoms with Crippen molar-refractivity contribution in [1.29, 1.82) is 0 Å². The van der Waals surface area contributed by atoms with E-state index in [4.69, 9.17) is 4.74 Å². The summed E-state index contributed by atoms with van der Waals surface area (Å²) in [5.74, 6) is 2.10. The first-order chi connectivity index (χ1) is 13.4. The third-order valence-electron chi connectivity index (χ3n) is 5.38. The van der Waals surface area contributed by atoms with E-state index in [-0.39, 0.29) is 0 Å². The molecule has 1 aliphatic heterocycles. The van der Waals surface area contributed by atoms with E-state index in [2.05, 4.69) is 69.2 Å². The molecule has 1 unspecified atom stereocenters. The van der Waals surface area contributed by atoms with Crippen LogP contribution in [0.15, 0.2) is 54.7 Å². The Bertz CT molecular complexity index is 875. The third-order valence-corrected chi connectivity index (χ3v) is 5.38. The number of ether oxygens (including phenoxy) is 1. The Kier molecular flexibility index (Phi) is 5.61. The van der Waals surface area contributed by atoms with Gasteiger partial charge in [0.25, 0.3) is 0 Å². The van der Waals surface area contributed by atoms with Crippen molar-refractivity contribution in [3.05, 3.63) is 60.3 Å². The average molecular weight is 364 g/mol. The van der Waals surface area contributed by atoms with Gasteiger partial charge in [0.2, 0.25) is 0 Å². The summed E-state index contributed by atoms with van der Waals surface area (Å²) < 4.78 is 5.59. The average Bonchev–Trinajstić information content (AvgIpc) is 3.15. The lowest BCUT2D eigenvalue weighted by Gasteiger charge is -2.37. The molecule has 3 aromatic rings. The maximum Gasteiger partial charge on any atom is 0.123 e. The minimum atomic E-state index is 0.362. The molecule has 1 fully saturated rings. The quantitative estimate of drug-likeness (QED) is 0.561. The predicted molar refractivity (Wildman–Crippen MR) is 112 cm³/mol. The van der Waals surface area contributed by atoms with Gasteiger partial charge in [-0.3, -0.25) is 4.90 Å². The summed E-state index contributed by atoms with van der Waals surface area (Å²) >= 11 is 0. The fourth-order valence-corrected chi connectivity index (χ4v) is 3.98. The number of nitrogens with zero attached hydrogens (tertiary/aromatic N) is 1. The zero-order valence-electron chi connectivity index (χ0n) is 15.9. The number of piperazine rings is 1. The summed E-state index contributed by atoms with van der Waals surface area (Å²) in [7, 11) is 1.75. The molecule has 3 N–H and O–H groups in total. The Morgan fingerprint density at radius 2 is 2.00 bits per heavy atom. The predicted octanol–water partition coefficient (Wildman–Crippen LogP) is 3.63. The van der Waals surface area contributed by atoms with Crippen LogP contribution in [-0.2, 0) is 0 Å². The maximum atomic E-state index is 5.59. The van der Waals surface area contributed by atoms with Gasteiger partial charge in [0.05, 0.1) is 13.2 Å². The van der Waals surface area contributed by atoms with Crippen molar-refractivity contribution in [3.63, 3.8) is 0 Å². The van der Waals surface area contributed by atoms with Crippen molar-refractivity contribution >= 4 is 16.6 Å². The van der Waals surface area contributed by atoms with Crippen LogP contribution in [0.5, 0.6) is 5.75 Å². The summed E-state index contributed by atoms with van der Waals surface area (Å²) in [6, 6.07) is 17.2. The summed E-state index contributed by atoms with van der Waals surface area (Å²) in [4.78, 5) is 5.92. The molecule has 0 radical (unpaired) electrons. The Labute approximate surface area is 160 Å². The highest BCUT2D eigenvalue weighted by molar-refractivity contribution is 5.92. The molecule has 4 rings (SSSR count). The van der Waals surface area contributed by atoms with Crippen LogP contribution >= 0.6 is 0 Å². The lowest BCUT2D eigenvalue weighted by atomic mass is 10.0. The van der Waals surface area contributed by atoms with Crippen LogP contribution in [-0.4, -0.2) is 49.7 Å². The number of H-pyrrole nitrogens is 1. The van der Waals surface area contributed by atoms with Crippen molar-refractivity contribution in [3.8, 4) is 5.75 Å². The van der Waals surface area contributed by atoms with Crippen LogP contribution in [0.4, 0.5) is 5.82 Å². The lowest BCUT2D eigenvalue weighted by Crippen LogP contribution is -2.46. The van der Waals surface area contributed by atoms with E-state index >= 15 is 0 Å². The first kappa shape index (κ1) is 17.9.